The molecule has 0 atom stereocenters. The molecule has 2 nitrogen and oxygen atoms in total. The van der Waals surface area contributed by atoms with Gasteiger partial charge >= 0.3 is 0 Å². The number of phenolic OH excluding ortho intramolecular Hbond substituents is 1. The Balaban J connectivity index is 2.15. The Kier molecular flexibility index (Phi) is 4.88. The summed E-state index contributed by atoms with van der Waals surface area (Å²) in [5.74, 6) is 0.593. The summed E-state index contributed by atoms with van der Waals surface area (Å²) in [5.41, 5.74) is 1.25. The van der Waals surface area contributed by atoms with Crippen LogP contribution in [0.15, 0.2) is 24.3 Å². The molecule has 1 aromatic rings. The lowest BCUT2D eigenvalue weighted by molar-refractivity contribution is -0.117. The van der Waals surface area contributed by atoms with Crippen molar-refractivity contribution in [3.63, 3.8) is 0 Å². The molecule has 1 N–H and O–H groups in total. The molecule has 0 spiro atoms. The summed E-state index contributed by atoms with van der Waals surface area (Å²) >= 11 is 0. The van der Waals surface area contributed by atoms with E-state index in [2.05, 4.69) is 0 Å². The van der Waals surface area contributed by atoms with E-state index in [1.165, 1.54) is 5.56 Å². The quantitative estimate of drug-likeness (QED) is 0.726. The zero-order chi connectivity index (χ0) is 11.1. The van der Waals surface area contributed by atoms with Gasteiger partial charge in [-0.3, -0.25) is 0 Å². The van der Waals surface area contributed by atoms with Crippen LogP contribution >= 0.6 is 0 Å². The van der Waals surface area contributed by atoms with E-state index in [1.807, 2.05) is 12.1 Å². The summed E-state index contributed by atoms with van der Waals surface area (Å²) in [6.07, 6.45) is 4.93. The van der Waals surface area contributed by atoms with Gasteiger partial charge < -0.3 is 9.90 Å². The smallest absolute Gasteiger partial charge is 0.129 e. The molecule has 0 bridgehead atoms. The largest absolute Gasteiger partial charge is 0.508 e. The molecule has 0 unspecified atom stereocenters. The number of ketones is 1. The maximum atomic E-state index is 10.7. The number of carbonyl (C=O) groups excluding carboxylic acids is 1. The van der Waals surface area contributed by atoms with Crippen LogP contribution in [0.3, 0.4) is 0 Å². The van der Waals surface area contributed by atoms with Gasteiger partial charge in [0.25, 0.3) is 0 Å². The highest BCUT2D eigenvalue weighted by Gasteiger charge is 1.96. The summed E-state index contributed by atoms with van der Waals surface area (Å²) in [6, 6.07) is 7.32. The van der Waals surface area contributed by atoms with Crippen LogP contribution < -0.4 is 0 Å². The number of hydrogen-bond acceptors (Lipinski definition) is 2. The highest BCUT2D eigenvalue weighted by atomic mass is 16.3. The van der Waals surface area contributed by atoms with Gasteiger partial charge in [-0.05, 0) is 43.9 Å². The van der Waals surface area contributed by atoms with E-state index < -0.39 is 0 Å². The van der Waals surface area contributed by atoms with Crippen molar-refractivity contribution in [1.82, 2.24) is 0 Å². The lowest BCUT2D eigenvalue weighted by atomic mass is 10.1. The molecule has 0 saturated carbocycles. The molecule has 82 valence electrons. The van der Waals surface area contributed by atoms with E-state index in [9.17, 15) is 4.79 Å². The van der Waals surface area contributed by atoms with Gasteiger partial charge in [-0.15, -0.1) is 0 Å². The predicted molar refractivity (Wildman–Crippen MR) is 61.0 cm³/mol. The number of unbranched alkanes of at least 4 members (excludes halogenated alkanes) is 2. The number of rotatable bonds is 6. The van der Waals surface area contributed by atoms with Gasteiger partial charge in [0.05, 0.1) is 0 Å². The Morgan fingerprint density at radius 2 is 1.80 bits per heavy atom. The van der Waals surface area contributed by atoms with Crippen molar-refractivity contribution >= 4 is 5.78 Å². The average Bonchev–Trinajstić information content (AvgIpc) is 2.20. The number of Topliss-reactive ketones (excluding diaryl/α,β-unsaturated/α-hetero) is 1. The molecule has 1 rings (SSSR count). The third-order valence-electron chi connectivity index (χ3n) is 2.43. The monoisotopic (exact) mass is 206 g/mol. The van der Waals surface area contributed by atoms with Crippen LogP contribution in [0.5, 0.6) is 5.75 Å². The number of hydrogen-bond donors (Lipinski definition) is 1. The molecule has 1 aromatic carbocycles. The predicted octanol–water partition coefficient (Wildman–Crippen LogP) is 3.08. The first-order valence-electron chi connectivity index (χ1n) is 5.46. The Morgan fingerprint density at radius 1 is 1.13 bits per heavy atom. The zero-order valence-electron chi connectivity index (χ0n) is 9.20. The number of benzene rings is 1. The summed E-state index contributed by atoms with van der Waals surface area (Å²) in [7, 11) is 0. The molecule has 0 saturated heterocycles. The first kappa shape index (κ1) is 11.8. The first-order valence-corrected chi connectivity index (χ1v) is 5.46. The van der Waals surface area contributed by atoms with E-state index >= 15 is 0 Å². The Hall–Kier alpha value is -1.31. The van der Waals surface area contributed by atoms with Gasteiger partial charge in [-0.2, -0.15) is 0 Å². The van der Waals surface area contributed by atoms with E-state index in [0.29, 0.717) is 12.2 Å². The lowest BCUT2D eigenvalue weighted by Gasteiger charge is -2.01. The molecule has 0 radical (unpaired) electrons. The van der Waals surface area contributed by atoms with E-state index in [4.69, 9.17) is 5.11 Å². The SMILES string of the molecule is CC(=O)CCCCCc1ccc(O)cc1. The molecule has 0 heterocycles. The number of phenols is 1. The highest BCUT2D eigenvalue weighted by Crippen LogP contribution is 2.12. The summed E-state index contributed by atoms with van der Waals surface area (Å²) in [4.78, 5) is 10.7. The normalized spacial score (nSPS) is 10.2. The topological polar surface area (TPSA) is 37.3 Å². The number of aryl methyl sites for hydroxylation is 1. The van der Waals surface area contributed by atoms with Crippen LogP contribution in [0.4, 0.5) is 0 Å². The minimum absolute atomic E-state index is 0.277. The molecule has 0 fully saturated rings. The minimum atomic E-state index is 0.277. The van der Waals surface area contributed by atoms with Gasteiger partial charge in [-0.1, -0.05) is 18.6 Å². The fraction of sp³-hybridized carbons (Fsp3) is 0.462. The molecule has 15 heavy (non-hydrogen) atoms. The van der Waals surface area contributed by atoms with E-state index in [-0.39, 0.29) is 5.78 Å². The van der Waals surface area contributed by atoms with Crippen LogP contribution in [0, 0.1) is 0 Å². The second kappa shape index (κ2) is 6.23. The first-order chi connectivity index (χ1) is 7.18. The van der Waals surface area contributed by atoms with Gasteiger partial charge in [-0.25, -0.2) is 0 Å². The third kappa shape index (κ3) is 5.21. The minimum Gasteiger partial charge on any atom is -0.508 e. The van der Waals surface area contributed by atoms with Gasteiger partial charge in [0, 0.05) is 6.42 Å². The molecule has 0 aromatic heterocycles. The molecule has 0 amide bonds. The van der Waals surface area contributed by atoms with Crippen molar-refractivity contribution < 1.29 is 9.90 Å². The maximum absolute atomic E-state index is 10.7. The third-order valence-corrected chi connectivity index (χ3v) is 2.43. The van der Waals surface area contributed by atoms with Crippen LogP contribution in [0.1, 0.15) is 38.2 Å². The van der Waals surface area contributed by atoms with Crippen LogP contribution in [-0.4, -0.2) is 10.9 Å². The Bertz CT molecular complexity index is 301. The van der Waals surface area contributed by atoms with Crippen molar-refractivity contribution in [3.8, 4) is 5.75 Å². The fourth-order valence-corrected chi connectivity index (χ4v) is 1.54. The Labute approximate surface area is 90.9 Å². The second-order valence-corrected chi connectivity index (χ2v) is 3.93. The van der Waals surface area contributed by atoms with Crippen molar-refractivity contribution in [2.75, 3.05) is 0 Å². The fourth-order valence-electron chi connectivity index (χ4n) is 1.54. The van der Waals surface area contributed by atoms with E-state index in [0.717, 1.165) is 25.7 Å². The van der Waals surface area contributed by atoms with Gasteiger partial charge in [0.2, 0.25) is 0 Å². The van der Waals surface area contributed by atoms with E-state index in [1.54, 1.807) is 19.1 Å². The van der Waals surface area contributed by atoms with Gasteiger partial charge in [0.1, 0.15) is 11.5 Å². The Morgan fingerprint density at radius 3 is 2.40 bits per heavy atom. The maximum Gasteiger partial charge on any atom is 0.129 e. The molecule has 2 heteroatoms. The van der Waals surface area contributed by atoms with Crippen molar-refractivity contribution in [3.05, 3.63) is 29.8 Å². The standard InChI is InChI=1S/C13H18O2/c1-11(14)5-3-2-4-6-12-7-9-13(15)10-8-12/h7-10,15H,2-6H2,1H3. The molecule has 0 aliphatic heterocycles. The number of carbonyl (C=O) groups is 1. The van der Waals surface area contributed by atoms with Crippen LogP contribution in [0.25, 0.3) is 0 Å². The average molecular weight is 206 g/mol. The van der Waals surface area contributed by atoms with Gasteiger partial charge in [0.15, 0.2) is 0 Å². The molecular formula is C13H18O2. The zero-order valence-corrected chi connectivity index (χ0v) is 9.20. The molecule has 0 aliphatic carbocycles. The number of aromatic hydroxyl groups is 1. The van der Waals surface area contributed by atoms with Crippen molar-refractivity contribution in [1.29, 1.82) is 0 Å². The van der Waals surface area contributed by atoms with Crippen molar-refractivity contribution in [2.45, 2.75) is 39.0 Å². The van der Waals surface area contributed by atoms with Crippen LogP contribution in [0.2, 0.25) is 0 Å². The molecular weight excluding hydrogens is 188 g/mol. The second-order valence-electron chi connectivity index (χ2n) is 3.93. The summed E-state index contributed by atoms with van der Waals surface area (Å²) in [5, 5.41) is 9.09. The lowest BCUT2D eigenvalue weighted by Crippen LogP contribution is -1.90. The summed E-state index contributed by atoms with van der Waals surface area (Å²) in [6.45, 7) is 1.64. The van der Waals surface area contributed by atoms with Crippen molar-refractivity contribution in [2.24, 2.45) is 0 Å². The van der Waals surface area contributed by atoms with Crippen LogP contribution in [-0.2, 0) is 11.2 Å². The highest BCUT2D eigenvalue weighted by molar-refractivity contribution is 5.75. The molecule has 0 aliphatic rings. The summed E-state index contributed by atoms with van der Waals surface area (Å²) < 4.78 is 0.